The minimum absolute atomic E-state index is 0.118. The van der Waals surface area contributed by atoms with Crippen LogP contribution in [0.3, 0.4) is 0 Å². The molecular weight excluding hydrogens is 396 g/mol. The molecular formula is C21H19BrO4. The second-order valence-electron chi connectivity index (χ2n) is 5.87. The number of para-hydroxylation sites is 1. The van der Waals surface area contributed by atoms with E-state index in [-0.39, 0.29) is 5.78 Å². The highest BCUT2D eigenvalue weighted by atomic mass is 79.9. The van der Waals surface area contributed by atoms with Crippen LogP contribution in [0.25, 0.3) is 17.0 Å². The molecule has 134 valence electrons. The molecule has 0 aliphatic heterocycles. The number of ketones is 1. The first-order chi connectivity index (χ1) is 12.6. The maximum atomic E-state index is 12.7. The zero-order chi connectivity index (χ0) is 18.5. The molecule has 3 rings (SSSR count). The minimum atomic E-state index is -0.118. The van der Waals surface area contributed by atoms with Crippen LogP contribution in [0.2, 0.25) is 0 Å². The quantitative estimate of drug-likeness (QED) is 0.384. The molecule has 3 aromatic rings. The van der Waals surface area contributed by atoms with Crippen LogP contribution in [-0.2, 0) is 22.7 Å². The van der Waals surface area contributed by atoms with E-state index in [4.69, 9.17) is 13.9 Å². The number of allylic oxidation sites excluding steroid dienone is 1. The number of carbonyl (C=O) groups excluding carboxylic acids is 1. The minimum Gasteiger partial charge on any atom is -0.457 e. The number of hydrogen-bond acceptors (Lipinski definition) is 4. The summed E-state index contributed by atoms with van der Waals surface area (Å²) in [7, 11) is 3.25. The normalized spacial score (nSPS) is 11.5. The molecule has 0 atom stereocenters. The molecule has 0 aliphatic carbocycles. The molecule has 1 aromatic heterocycles. The Kier molecular flexibility index (Phi) is 6.04. The Bertz CT molecular complexity index is 923. The van der Waals surface area contributed by atoms with Gasteiger partial charge in [-0.15, -0.1) is 0 Å². The first-order valence-electron chi connectivity index (χ1n) is 8.12. The molecule has 0 unspecified atom stereocenters. The molecule has 0 saturated carbocycles. The number of ether oxygens (including phenoxy) is 2. The van der Waals surface area contributed by atoms with E-state index in [1.807, 2.05) is 42.5 Å². The van der Waals surface area contributed by atoms with Crippen LogP contribution in [0.1, 0.15) is 27.2 Å². The van der Waals surface area contributed by atoms with Gasteiger partial charge in [-0.2, -0.15) is 0 Å². The lowest BCUT2D eigenvalue weighted by Crippen LogP contribution is -2.03. The molecule has 5 heteroatoms. The number of benzene rings is 2. The van der Waals surface area contributed by atoms with Crippen LogP contribution in [0.4, 0.5) is 0 Å². The molecule has 4 nitrogen and oxygen atoms in total. The number of methoxy groups -OCH3 is 2. The van der Waals surface area contributed by atoms with Crippen molar-refractivity contribution in [1.82, 2.24) is 0 Å². The third-order valence-electron chi connectivity index (χ3n) is 3.93. The molecule has 1 heterocycles. The van der Waals surface area contributed by atoms with Crippen LogP contribution in [0.15, 0.2) is 57.4 Å². The Morgan fingerprint density at radius 3 is 2.62 bits per heavy atom. The van der Waals surface area contributed by atoms with Gasteiger partial charge in [-0.3, -0.25) is 4.79 Å². The lowest BCUT2D eigenvalue weighted by atomic mass is 10.0. The van der Waals surface area contributed by atoms with Gasteiger partial charge in [0.15, 0.2) is 5.78 Å². The fourth-order valence-corrected chi connectivity index (χ4v) is 3.31. The lowest BCUT2D eigenvalue weighted by molar-refractivity contribution is 0.104. The predicted molar refractivity (Wildman–Crippen MR) is 105 cm³/mol. The highest BCUT2D eigenvalue weighted by Crippen LogP contribution is 2.27. The van der Waals surface area contributed by atoms with Gasteiger partial charge in [0.2, 0.25) is 0 Å². The van der Waals surface area contributed by atoms with Crippen molar-refractivity contribution in [2.75, 3.05) is 14.2 Å². The van der Waals surface area contributed by atoms with E-state index >= 15 is 0 Å². The first kappa shape index (κ1) is 18.6. The molecule has 0 amide bonds. The van der Waals surface area contributed by atoms with Crippen LogP contribution < -0.4 is 0 Å². The summed E-state index contributed by atoms with van der Waals surface area (Å²) >= 11 is 3.52. The standard InChI is InChI=1S/C21H19BrO4/c1-24-12-14-9-16(13-25-2)21(22)18(10-14)19(23)8-7-17-11-15-5-3-4-6-20(15)26-17/h3-11H,12-13H2,1-2H3/b8-7+. The van der Waals surface area contributed by atoms with Gasteiger partial charge >= 0.3 is 0 Å². The number of rotatable bonds is 7. The largest absolute Gasteiger partial charge is 0.457 e. The SMILES string of the molecule is COCc1cc(COC)c(Br)c(C(=O)/C=C/c2cc3ccccc3o2)c1. The van der Waals surface area contributed by atoms with Gasteiger partial charge in [0.05, 0.1) is 13.2 Å². The van der Waals surface area contributed by atoms with Crippen LogP contribution in [0, 0.1) is 0 Å². The second-order valence-corrected chi connectivity index (χ2v) is 6.66. The van der Waals surface area contributed by atoms with Crippen LogP contribution in [-0.4, -0.2) is 20.0 Å². The van der Waals surface area contributed by atoms with Gasteiger partial charge in [-0.25, -0.2) is 0 Å². The van der Waals surface area contributed by atoms with Crippen molar-refractivity contribution in [3.05, 3.63) is 75.5 Å². The van der Waals surface area contributed by atoms with Gasteiger partial charge in [0.25, 0.3) is 0 Å². The molecule has 0 saturated heterocycles. The summed E-state index contributed by atoms with van der Waals surface area (Å²) in [5.41, 5.74) is 3.19. The molecule has 0 aliphatic rings. The van der Waals surface area contributed by atoms with E-state index in [0.29, 0.717) is 24.5 Å². The van der Waals surface area contributed by atoms with E-state index < -0.39 is 0 Å². The molecule has 0 spiro atoms. The van der Waals surface area contributed by atoms with E-state index in [2.05, 4.69) is 15.9 Å². The fourth-order valence-electron chi connectivity index (χ4n) is 2.77. The summed E-state index contributed by atoms with van der Waals surface area (Å²) in [5, 5.41) is 1.00. The monoisotopic (exact) mass is 414 g/mol. The van der Waals surface area contributed by atoms with Crippen molar-refractivity contribution in [1.29, 1.82) is 0 Å². The van der Waals surface area contributed by atoms with E-state index in [1.165, 1.54) is 6.08 Å². The summed E-state index contributed by atoms with van der Waals surface area (Å²) < 4.78 is 16.9. The maximum absolute atomic E-state index is 12.7. The van der Waals surface area contributed by atoms with E-state index in [0.717, 1.165) is 26.6 Å². The Morgan fingerprint density at radius 1 is 1.12 bits per heavy atom. The number of halogens is 1. The average molecular weight is 415 g/mol. The van der Waals surface area contributed by atoms with Crippen molar-refractivity contribution in [2.45, 2.75) is 13.2 Å². The van der Waals surface area contributed by atoms with Crippen LogP contribution >= 0.6 is 15.9 Å². The summed E-state index contributed by atoms with van der Waals surface area (Å²) in [4.78, 5) is 12.7. The smallest absolute Gasteiger partial charge is 0.187 e. The Labute approximate surface area is 160 Å². The molecule has 2 aromatic carbocycles. The molecule has 26 heavy (non-hydrogen) atoms. The first-order valence-corrected chi connectivity index (χ1v) is 8.92. The molecule has 0 N–H and O–H groups in total. The highest BCUT2D eigenvalue weighted by Gasteiger charge is 2.14. The lowest BCUT2D eigenvalue weighted by Gasteiger charge is -2.11. The number of furan rings is 1. The topological polar surface area (TPSA) is 48.7 Å². The predicted octanol–water partition coefficient (Wildman–Crippen LogP) is 5.38. The van der Waals surface area contributed by atoms with Gasteiger partial charge in [-0.05, 0) is 63.5 Å². The summed E-state index contributed by atoms with van der Waals surface area (Å²) in [6.45, 7) is 0.837. The maximum Gasteiger partial charge on any atom is 0.187 e. The van der Waals surface area contributed by atoms with Crippen molar-refractivity contribution in [2.24, 2.45) is 0 Å². The Morgan fingerprint density at radius 2 is 1.88 bits per heavy atom. The number of fused-ring (bicyclic) bond motifs is 1. The zero-order valence-electron chi connectivity index (χ0n) is 14.6. The Balaban J connectivity index is 1.90. The van der Waals surface area contributed by atoms with Gasteiger partial charge in [0, 0.05) is 29.6 Å². The van der Waals surface area contributed by atoms with Crippen molar-refractivity contribution < 1.29 is 18.7 Å². The summed E-state index contributed by atoms with van der Waals surface area (Å²) in [6, 6.07) is 13.4. The van der Waals surface area contributed by atoms with E-state index in [1.54, 1.807) is 20.3 Å². The molecule has 0 bridgehead atoms. The Hall–Kier alpha value is -2.21. The van der Waals surface area contributed by atoms with Crippen molar-refractivity contribution >= 4 is 38.8 Å². The number of carbonyl (C=O) groups is 1. The molecule has 0 radical (unpaired) electrons. The zero-order valence-corrected chi connectivity index (χ0v) is 16.2. The summed E-state index contributed by atoms with van der Waals surface area (Å²) in [6.07, 6.45) is 3.21. The average Bonchev–Trinajstić information content (AvgIpc) is 3.05. The third-order valence-corrected chi connectivity index (χ3v) is 4.86. The second kappa shape index (κ2) is 8.45. The van der Waals surface area contributed by atoms with Gasteiger partial charge < -0.3 is 13.9 Å². The third kappa shape index (κ3) is 4.12. The van der Waals surface area contributed by atoms with Gasteiger partial charge in [0.1, 0.15) is 11.3 Å². The number of hydrogen-bond donors (Lipinski definition) is 0. The molecule has 0 fully saturated rings. The van der Waals surface area contributed by atoms with Crippen LogP contribution in [0.5, 0.6) is 0 Å². The van der Waals surface area contributed by atoms with Crippen molar-refractivity contribution in [3.63, 3.8) is 0 Å². The highest BCUT2D eigenvalue weighted by molar-refractivity contribution is 9.10. The van der Waals surface area contributed by atoms with Gasteiger partial charge in [-0.1, -0.05) is 18.2 Å². The van der Waals surface area contributed by atoms with Crippen molar-refractivity contribution in [3.8, 4) is 0 Å². The summed E-state index contributed by atoms with van der Waals surface area (Å²) in [5.74, 6) is 0.522. The van der Waals surface area contributed by atoms with E-state index in [9.17, 15) is 4.79 Å². The fraction of sp³-hybridized carbons (Fsp3) is 0.190.